The van der Waals surface area contributed by atoms with Crippen molar-refractivity contribution in [2.75, 3.05) is 25.4 Å². The molecule has 14 heavy (non-hydrogen) atoms. The van der Waals surface area contributed by atoms with Gasteiger partial charge in [-0.05, 0) is 12.3 Å². The molecule has 1 saturated heterocycles. The van der Waals surface area contributed by atoms with Gasteiger partial charge in [-0.15, -0.1) is 0 Å². The van der Waals surface area contributed by atoms with E-state index < -0.39 is 0 Å². The van der Waals surface area contributed by atoms with Crippen LogP contribution in [0.25, 0.3) is 0 Å². The summed E-state index contributed by atoms with van der Waals surface area (Å²) in [6, 6.07) is 0.316. The van der Waals surface area contributed by atoms with Crippen molar-refractivity contribution in [1.82, 2.24) is 4.90 Å². The van der Waals surface area contributed by atoms with E-state index in [-0.39, 0.29) is 0 Å². The zero-order valence-electron chi connectivity index (χ0n) is 8.86. The third kappa shape index (κ3) is 2.75. The molecule has 0 saturated carbocycles. The van der Waals surface area contributed by atoms with Crippen LogP contribution in [0.15, 0.2) is 12.2 Å². The SMILES string of the molecule is CC1CN(CC2C=CC(N)C2)CCS1. The van der Waals surface area contributed by atoms with Gasteiger partial charge in [-0.25, -0.2) is 0 Å². The Morgan fingerprint density at radius 2 is 2.36 bits per heavy atom. The van der Waals surface area contributed by atoms with Crippen LogP contribution in [-0.2, 0) is 0 Å². The van der Waals surface area contributed by atoms with E-state index in [1.54, 1.807) is 0 Å². The van der Waals surface area contributed by atoms with Gasteiger partial charge in [0.05, 0.1) is 0 Å². The van der Waals surface area contributed by atoms with Crippen molar-refractivity contribution >= 4 is 11.8 Å². The predicted molar refractivity (Wildman–Crippen MR) is 63.6 cm³/mol. The summed E-state index contributed by atoms with van der Waals surface area (Å²) in [6.07, 6.45) is 5.61. The van der Waals surface area contributed by atoms with Gasteiger partial charge in [-0.1, -0.05) is 19.1 Å². The lowest BCUT2D eigenvalue weighted by Gasteiger charge is -2.32. The Labute approximate surface area is 90.9 Å². The first kappa shape index (κ1) is 10.5. The summed E-state index contributed by atoms with van der Waals surface area (Å²) in [5, 5.41) is 0.808. The first-order valence-corrected chi connectivity index (χ1v) is 6.57. The van der Waals surface area contributed by atoms with Crippen molar-refractivity contribution in [2.24, 2.45) is 11.7 Å². The smallest absolute Gasteiger partial charge is 0.0229 e. The molecule has 3 heteroatoms. The average Bonchev–Trinajstić information content (AvgIpc) is 2.51. The van der Waals surface area contributed by atoms with E-state index in [4.69, 9.17) is 5.73 Å². The number of nitrogens with two attached hydrogens (primary N) is 1. The fourth-order valence-corrected chi connectivity index (χ4v) is 3.41. The molecule has 0 bridgehead atoms. The van der Waals surface area contributed by atoms with Crippen LogP contribution in [0.3, 0.4) is 0 Å². The molecule has 2 nitrogen and oxygen atoms in total. The lowest BCUT2D eigenvalue weighted by molar-refractivity contribution is 0.256. The van der Waals surface area contributed by atoms with Crippen molar-refractivity contribution in [1.29, 1.82) is 0 Å². The molecule has 1 heterocycles. The molecule has 0 radical (unpaired) electrons. The molecule has 0 amide bonds. The highest BCUT2D eigenvalue weighted by atomic mass is 32.2. The minimum Gasteiger partial charge on any atom is -0.324 e. The highest BCUT2D eigenvalue weighted by molar-refractivity contribution is 7.99. The molecule has 0 spiro atoms. The van der Waals surface area contributed by atoms with E-state index in [0.717, 1.165) is 11.7 Å². The molecule has 2 aliphatic rings. The highest BCUT2D eigenvalue weighted by Crippen LogP contribution is 2.22. The Morgan fingerprint density at radius 3 is 3.00 bits per heavy atom. The molecule has 1 fully saturated rings. The van der Waals surface area contributed by atoms with E-state index in [1.807, 2.05) is 0 Å². The van der Waals surface area contributed by atoms with Gasteiger partial charge in [0.1, 0.15) is 0 Å². The van der Waals surface area contributed by atoms with Crippen molar-refractivity contribution < 1.29 is 0 Å². The number of nitrogens with zero attached hydrogens (tertiary/aromatic N) is 1. The molecule has 1 aliphatic carbocycles. The number of thioether (sulfide) groups is 1. The fraction of sp³-hybridized carbons (Fsp3) is 0.818. The third-order valence-electron chi connectivity index (χ3n) is 3.02. The topological polar surface area (TPSA) is 29.3 Å². The van der Waals surface area contributed by atoms with Crippen LogP contribution in [0.5, 0.6) is 0 Å². The summed E-state index contributed by atoms with van der Waals surface area (Å²) in [5.41, 5.74) is 5.85. The second-order valence-corrected chi connectivity index (χ2v) is 6.03. The maximum Gasteiger partial charge on any atom is 0.0229 e. The average molecular weight is 212 g/mol. The van der Waals surface area contributed by atoms with Crippen molar-refractivity contribution in [3.63, 3.8) is 0 Å². The summed E-state index contributed by atoms with van der Waals surface area (Å²) in [4.78, 5) is 2.59. The van der Waals surface area contributed by atoms with Gasteiger partial charge in [0, 0.05) is 36.7 Å². The molecule has 1 aliphatic heterocycles. The summed E-state index contributed by atoms with van der Waals surface area (Å²) in [5.74, 6) is 2.00. The van der Waals surface area contributed by atoms with E-state index in [9.17, 15) is 0 Å². The molecular formula is C11H20N2S. The summed E-state index contributed by atoms with van der Waals surface area (Å²) >= 11 is 2.10. The van der Waals surface area contributed by atoms with Gasteiger partial charge in [-0.2, -0.15) is 11.8 Å². The van der Waals surface area contributed by atoms with E-state index in [2.05, 4.69) is 35.7 Å². The highest BCUT2D eigenvalue weighted by Gasteiger charge is 2.22. The molecule has 2 N–H and O–H groups in total. The summed E-state index contributed by atoms with van der Waals surface area (Å²) < 4.78 is 0. The first-order valence-electron chi connectivity index (χ1n) is 5.52. The molecule has 80 valence electrons. The van der Waals surface area contributed by atoms with E-state index in [0.29, 0.717) is 12.0 Å². The molecular weight excluding hydrogens is 192 g/mol. The maximum absolute atomic E-state index is 5.85. The van der Waals surface area contributed by atoms with Gasteiger partial charge >= 0.3 is 0 Å². The largest absolute Gasteiger partial charge is 0.324 e. The van der Waals surface area contributed by atoms with Gasteiger partial charge in [-0.3, -0.25) is 0 Å². The molecule has 0 aromatic carbocycles. The Kier molecular flexibility index (Phi) is 3.52. The van der Waals surface area contributed by atoms with Crippen LogP contribution < -0.4 is 5.73 Å². The van der Waals surface area contributed by atoms with Gasteiger partial charge in [0.2, 0.25) is 0 Å². The maximum atomic E-state index is 5.85. The number of hydrogen-bond donors (Lipinski definition) is 1. The summed E-state index contributed by atoms with van der Waals surface area (Å²) in [7, 11) is 0. The lowest BCUT2D eigenvalue weighted by Crippen LogP contribution is -2.39. The van der Waals surface area contributed by atoms with Crippen LogP contribution in [0, 0.1) is 5.92 Å². The Morgan fingerprint density at radius 1 is 1.50 bits per heavy atom. The number of rotatable bonds is 2. The molecule has 2 rings (SSSR count). The van der Waals surface area contributed by atoms with E-state index >= 15 is 0 Å². The second-order valence-electron chi connectivity index (χ2n) is 4.49. The van der Waals surface area contributed by atoms with Crippen LogP contribution in [0.1, 0.15) is 13.3 Å². The molecule has 3 atom stereocenters. The zero-order valence-corrected chi connectivity index (χ0v) is 9.67. The second kappa shape index (κ2) is 4.69. The lowest BCUT2D eigenvalue weighted by atomic mass is 10.1. The van der Waals surface area contributed by atoms with Gasteiger partial charge in [0.25, 0.3) is 0 Å². The minimum absolute atomic E-state index is 0.316. The third-order valence-corrected chi connectivity index (χ3v) is 4.16. The zero-order chi connectivity index (χ0) is 9.97. The molecule has 3 unspecified atom stereocenters. The van der Waals surface area contributed by atoms with Crippen LogP contribution in [-0.4, -0.2) is 41.6 Å². The Balaban J connectivity index is 1.77. The van der Waals surface area contributed by atoms with Gasteiger partial charge < -0.3 is 10.6 Å². The standard InChI is InChI=1S/C11H20N2S/c1-9-7-13(4-5-14-9)8-10-2-3-11(12)6-10/h2-3,9-11H,4-8,12H2,1H3. The Bertz CT molecular complexity index is 217. The first-order chi connectivity index (χ1) is 6.74. The van der Waals surface area contributed by atoms with Crippen molar-refractivity contribution in [2.45, 2.75) is 24.6 Å². The van der Waals surface area contributed by atoms with E-state index in [1.165, 1.54) is 25.4 Å². The van der Waals surface area contributed by atoms with Crippen LogP contribution in [0.2, 0.25) is 0 Å². The summed E-state index contributed by atoms with van der Waals surface area (Å²) in [6.45, 7) is 6.06. The fourth-order valence-electron chi connectivity index (χ4n) is 2.33. The Hall–Kier alpha value is 0.01000. The number of hydrogen-bond acceptors (Lipinski definition) is 3. The van der Waals surface area contributed by atoms with Crippen molar-refractivity contribution in [3.05, 3.63) is 12.2 Å². The minimum atomic E-state index is 0.316. The molecule has 0 aromatic rings. The van der Waals surface area contributed by atoms with Gasteiger partial charge in [0.15, 0.2) is 0 Å². The quantitative estimate of drug-likeness (QED) is 0.700. The van der Waals surface area contributed by atoms with Crippen LogP contribution in [0.4, 0.5) is 0 Å². The monoisotopic (exact) mass is 212 g/mol. The van der Waals surface area contributed by atoms with Crippen molar-refractivity contribution in [3.8, 4) is 0 Å². The van der Waals surface area contributed by atoms with Crippen LogP contribution >= 0.6 is 11.8 Å². The normalized spacial score (nSPS) is 39.1. The molecule has 0 aromatic heterocycles. The predicted octanol–water partition coefficient (Wildman–Crippen LogP) is 1.33.